The number of rotatable bonds is 4. The van der Waals surface area contributed by atoms with Crippen LogP contribution in [-0.4, -0.2) is 49.6 Å². The lowest BCUT2D eigenvalue weighted by atomic mass is 10.3. The van der Waals surface area contributed by atoms with Gasteiger partial charge in [-0.05, 0) is 12.8 Å². The Labute approximate surface area is 85.0 Å². The van der Waals surface area contributed by atoms with Crippen LogP contribution in [0.25, 0.3) is 0 Å². The van der Waals surface area contributed by atoms with Crippen molar-refractivity contribution in [1.29, 1.82) is 0 Å². The molecule has 1 saturated heterocycles. The van der Waals surface area contributed by atoms with Gasteiger partial charge in [-0.1, -0.05) is 0 Å². The predicted octanol–water partition coefficient (Wildman–Crippen LogP) is -0.440. The van der Waals surface area contributed by atoms with Crippen molar-refractivity contribution < 1.29 is 4.79 Å². The number of carbonyl (C=O) groups excluding carboxylic acids is 1. The molecule has 14 heavy (non-hydrogen) atoms. The van der Waals surface area contributed by atoms with Crippen molar-refractivity contribution >= 4 is 5.91 Å². The third-order valence-corrected chi connectivity index (χ3v) is 2.82. The largest absolute Gasteiger partial charge is 0.340 e. The summed E-state index contributed by atoms with van der Waals surface area (Å²) in [4.78, 5) is 13.6. The van der Waals surface area contributed by atoms with Crippen molar-refractivity contribution in [3.8, 4) is 0 Å². The first kappa shape index (κ1) is 9.93. The van der Waals surface area contributed by atoms with Crippen LogP contribution in [0, 0.1) is 0 Å². The molecule has 2 rings (SSSR count). The topological polar surface area (TPSA) is 44.4 Å². The van der Waals surface area contributed by atoms with E-state index in [0.717, 1.165) is 32.7 Å². The van der Waals surface area contributed by atoms with E-state index >= 15 is 0 Å². The zero-order chi connectivity index (χ0) is 9.80. The van der Waals surface area contributed by atoms with E-state index in [9.17, 15) is 4.79 Å². The minimum absolute atomic E-state index is 0.305. The Balaban J connectivity index is 1.60. The molecule has 0 aromatic rings. The van der Waals surface area contributed by atoms with Crippen LogP contribution >= 0.6 is 0 Å². The van der Waals surface area contributed by atoms with E-state index in [1.807, 2.05) is 4.90 Å². The highest BCUT2D eigenvalue weighted by molar-refractivity contribution is 5.76. The van der Waals surface area contributed by atoms with Crippen LogP contribution < -0.4 is 10.6 Å². The number of hydrogen-bond donors (Lipinski definition) is 2. The summed E-state index contributed by atoms with van der Waals surface area (Å²) in [5.74, 6) is 0.305. The van der Waals surface area contributed by atoms with Crippen LogP contribution in [0.3, 0.4) is 0 Å². The molecule has 2 aliphatic rings. The van der Waals surface area contributed by atoms with Gasteiger partial charge in [0.25, 0.3) is 0 Å². The first-order valence-electron chi connectivity index (χ1n) is 5.58. The van der Waals surface area contributed by atoms with E-state index in [1.165, 1.54) is 12.8 Å². The number of carbonyl (C=O) groups is 1. The Kier molecular flexibility index (Phi) is 3.37. The summed E-state index contributed by atoms with van der Waals surface area (Å²) in [5.41, 5.74) is 0. The van der Waals surface area contributed by atoms with Gasteiger partial charge in [0.1, 0.15) is 0 Å². The van der Waals surface area contributed by atoms with Crippen LogP contribution in [0.1, 0.15) is 19.3 Å². The minimum atomic E-state index is 0.305. The molecule has 80 valence electrons. The lowest BCUT2D eigenvalue weighted by Crippen LogP contribution is -2.47. The fourth-order valence-electron chi connectivity index (χ4n) is 1.74. The van der Waals surface area contributed by atoms with Gasteiger partial charge < -0.3 is 15.5 Å². The van der Waals surface area contributed by atoms with E-state index < -0.39 is 0 Å². The van der Waals surface area contributed by atoms with E-state index in [1.54, 1.807) is 0 Å². The number of hydrogen-bond acceptors (Lipinski definition) is 3. The molecular formula is C10H19N3O. The second kappa shape index (κ2) is 4.75. The molecule has 4 heteroatoms. The molecule has 1 aliphatic heterocycles. The second-order valence-corrected chi connectivity index (χ2v) is 4.11. The highest BCUT2D eigenvalue weighted by Crippen LogP contribution is 2.18. The molecule has 1 saturated carbocycles. The number of piperazine rings is 1. The molecule has 0 unspecified atom stereocenters. The molecule has 1 aliphatic carbocycles. The molecule has 1 amide bonds. The van der Waals surface area contributed by atoms with Crippen LogP contribution in [0.15, 0.2) is 0 Å². The molecular weight excluding hydrogens is 178 g/mol. The standard InChI is InChI=1S/C10H19N3O/c14-10(3-4-12-9-1-2-9)13-7-5-11-6-8-13/h9,11-12H,1-8H2. The highest BCUT2D eigenvalue weighted by Gasteiger charge is 2.21. The van der Waals surface area contributed by atoms with Gasteiger partial charge in [-0.25, -0.2) is 0 Å². The summed E-state index contributed by atoms with van der Waals surface area (Å²) in [6.07, 6.45) is 3.25. The second-order valence-electron chi connectivity index (χ2n) is 4.11. The summed E-state index contributed by atoms with van der Waals surface area (Å²) in [7, 11) is 0. The first-order chi connectivity index (χ1) is 6.86. The fraction of sp³-hybridized carbons (Fsp3) is 0.900. The van der Waals surface area contributed by atoms with Crippen molar-refractivity contribution in [3.63, 3.8) is 0 Å². The number of nitrogens with one attached hydrogen (secondary N) is 2. The SMILES string of the molecule is O=C(CCNC1CC1)N1CCNCC1. The van der Waals surface area contributed by atoms with Crippen LogP contribution in [-0.2, 0) is 4.79 Å². The van der Waals surface area contributed by atoms with Gasteiger partial charge in [0.05, 0.1) is 0 Å². The fourth-order valence-corrected chi connectivity index (χ4v) is 1.74. The third kappa shape index (κ3) is 2.96. The molecule has 0 atom stereocenters. The van der Waals surface area contributed by atoms with E-state index in [4.69, 9.17) is 0 Å². The van der Waals surface area contributed by atoms with Gasteiger partial charge in [0.2, 0.25) is 5.91 Å². The lowest BCUT2D eigenvalue weighted by molar-refractivity contribution is -0.131. The van der Waals surface area contributed by atoms with Gasteiger partial charge in [-0.15, -0.1) is 0 Å². The van der Waals surface area contributed by atoms with E-state index in [2.05, 4.69) is 10.6 Å². The summed E-state index contributed by atoms with van der Waals surface area (Å²) >= 11 is 0. The quantitative estimate of drug-likeness (QED) is 0.642. The monoisotopic (exact) mass is 197 g/mol. The maximum Gasteiger partial charge on any atom is 0.223 e. The van der Waals surface area contributed by atoms with Gasteiger partial charge in [-0.3, -0.25) is 4.79 Å². The van der Waals surface area contributed by atoms with Crippen molar-refractivity contribution in [2.75, 3.05) is 32.7 Å². The molecule has 4 nitrogen and oxygen atoms in total. The zero-order valence-electron chi connectivity index (χ0n) is 8.59. The molecule has 0 radical (unpaired) electrons. The average molecular weight is 197 g/mol. The summed E-state index contributed by atoms with van der Waals surface area (Å²) in [5, 5.41) is 6.61. The smallest absolute Gasteiger partial charge is 0.223 e. The Morgan fingerprint density at radius 2 is 2.07 bits per heavy atom. The van der Waals surface area contributed by atoms with Crippen molar-refractivity contribution in [2.24, 2.45) is 0 Å². The van der Waals surface area contributed by atoms with Gasteiger partial charge in [0.15, 0.2) is 0 Å². The maximum atomic E-state index is 11.7. The third-order valence-electron chi connectivity index (χ3n) is 2.82. The zero-order valence-corrected chi connectivity index (χ0v) is 8.59. The molecule has 2 N–H and O–H groups in total. The Bertz CT molecular complexity index is 198. The molecule has 0 bridgehead atoms. The summed E-state index contributed by atoms with van der Waals surface area (Å²) in [6, 6.07) is 0.714. The Morgan fingerprint density at radius 3 is 2.71 bits per heavy atom. The van der Waals surface area contributed by atoms with Crippen LogP contribution in [0.5, 0.6) is 0 Å². The van der Waals surface area contributed by atoms with Crippen molar-refractivity contribution in [1.82, 2.24) is 15.5 Å². The summed E-state index contributed by atoms with van der Waals surface area (Å²) < 4.78 is 0. The first-order valence-corrected chi connectivity index (χ1v) is 5.58. The Morgan fingerprint density at radius 1 is 1.36 bits per heavy atom. The summed E-state index contributed by atoms with van der Waals surface area (Å²) in [6.45, 7) is 4.50. The van der Waals surface area contributed by atoms with Gasteiger partial charge in [-0.2, -0.15) is 0 Å². The van der Waals surface area contributed by atoms with Crippen molar-refractivity contribution in [3.05, 3.63) is 0 Å². The number of nitrogens with zero attached hydrogens (tertiary/aromatic N) is 1. The average Bonchev–Trinajstić information content (AvgIpc) is 3.03. The van der Waals surface area contributed by atoms with Gasteiger partial charge >= 0.3 is 0 Å². The Hall–Kier alpha value is -0.610. The van der Waals surface area contributed by atoms with Crippen LogP contribution in [0.2, 0.25) is 0 Å². The van der Waals surface area contributed by atoms with Crippen LogP contribution in [0.4, 0.5) is 0 Å². The van der Waals surface area contributed by atoms with E-state index in [-0.39, 0.29) is 0 Å². The van der Waals surface area contributed by atoms with Crippen molar-refractivity contribution in [2.45, 2.75) is 25.3 Å². The molecule has 0 aromatic carbocycles. The predicted molar refractivity (Wildman–Crippen MR) is 55.1 cm³/mol. The molecule has 0 aromatic heterocycles. The molecule has 2 fully saturated rings. The van der Waals surface area contributed by atoms with E-state index in [0.29, 0.717) is 18.4 Å². The normalized spacial score (nSPS) is 22.4. The lowest BCUT2D eigenvalue weighted by Gasteiger charge is -2.27. The molecule has 0 spiro atoms. The van der Waals surface area contributed by atoms with Gasteiger partial charge in [0, 0.05) is 45.2 Å². The minimum Gasteiger partial charge on any atom is -0.340 e. The highest BCUT2D eigenvalue weighted by atomic mass is 16.2. The maximum absolute atomic E-state index is 11.7. The number of amides is 1. The molecule has 1 heterocycles.